The zero-order valence-electron chi connectivity index (χ0n) is 9.40. The van der Waals surface area contributed by atoms with Crippen LogP contribution in [0.1, 0.15) is 23.6 Å². The summed E-state index contributed by atoms with van der Waals surface area (Å²) in [7, 11) is -0.730. The van der Waals surface area contributed by atoms with Crippen molar-refractivity contribution in [2.75, 3.05) is 18.6 Å². The van der Waals surface area contributed by atoms with Gasteiger partial charge in [0.05, 0.1) is 0 Å². The molecule has 0 saturated carbocycles. The van der Waals surface area contributed by atoms with Crippen molar-refractivity contribution in [1.29, 1.82) is 0 Å². The first kappa shape index (κ1) is 11.6. The third kappa shape index (κ3) is 2.62. The van der Waals surface area contributed by atoms with Gasteiger partial charge in [-0.2, -0.15) is 0 Å². The molecule has 0 aliphatic heterocycles. The van der Waals surface area contributed by atoms with E-state index in [9.17, 15) is 9.32 Å². The number of nitrogens with one attached hydrogen (secondary N) is 1. The van der Waals surface area contributed by atoms with Crippen LogP contribution in [-0.2, 0) is 17.2 Å². The molecule has 0 amide bonds. The lowest BCUT2D eigenvalue weighted by molar-refractivity contribution is 0.474. The Kier molecular flexibility index (Phi) is 3.61. The number of phenols is 1. The van der Waals surface area contributed by atoms with E-state index in [4.69, 9.17) is 0 Å². The van der Waals surface area contributed by atoms with Crippen LogP contribution in [0.25, 0.3) is 0 Å². The third-order valence-corrected chi connectivity index (χ3v) is 3.76. The first-order valence-corrected chi connectivity index (χ1v) is 7.25. The van der Waals surface area contributed by atoms with Gasteiger partial charge >= 0.3 is 0 Å². The molecule has 2 atom stereocenters. The Balaban J connectivity index is 1.98. The van der Waals surface area contributed by atoms with Gasteiger partial charge in [-0.3, -0.25) is 4.21 Å². The van der Waals surface area contributed by atoms with Crippen LogP contribution in [0.2, 0.25) is 0 Å². The highest BCUT2D eigenvalue weighted by Crippen LogP contribution is 2.32. The molecule has 88 valence electrons. The van der Waals surface area contributed by atoms with E-state index in [1.807, 2.05) is 12.1 Å². The second kappa shape index (κ2) is 4.97. The SMILES string of the molecule is CS(=O)CCNC1CCc2cc(O)ccc21. The molecule has 1 aliphatic rings. The standard InChI is InChI=1S/C12H17NO2S/c1-16(15)7-6-13-12-5-2-9-8-10(14)3-4-11(9)12/h3-4,8,12-14H,2,5-7H2,1H3. The molecule has 2 N–H and O–H groups in total. The van der Waals surface area contributed by atoms with Crippen molar-refractivity contribution in [3.8, 4) is 5.75 Å². The molecule has 0 spiro atoms. The van der Waals surface area contributed by atoms with Gasteiger partial charge in [-0.05, 0) is 36.1 Å². The zero-order valence-corrected chi connectivity index (χ0v) is 10.2. The normalized spacial score (nSPS) is 20.7. The molecule has 2 unspecified atom stereocenters. The van der Waals surface area contributed by atoms with Crippen molar-refractivity contribution < 1.29 is 9.32 Å². The fraction of sp³-hybridized carbons (Fsp3) is 0.500. The van der Waals surface area contributed by atoms with E-state index in [1.165, 1.54) is 11.1 Å². The first-order valence-electron chi connectivity index (χ1n) is 5.52. The van der Waals surface area contributed by atoms with Gasteiger partial charge in [0.1, 0.15) is 5.75 Å². The zero-order chi connectivity index (χ0) is 11.5. The molecule has 1 aromatic carbocycles. The predicted octanol–water partition coefficient (Wildman–Crippen LogP) is 1.35. The van der Waals surface area contributed by atoms with Crippen LogP contribution >= 0.6 is 0 Å². The second-order valence-electron chi connectivity index (χ2n) is 4.21. The van der Waals surface area contributed by atoms with Crippen LogP contribution < -0.4 is 5.32 Å². The number of aryl methyl sites for hydroxylation is 1. The molecular weight excluding hydrogens is 222 g/mol. The van der Waals surface area contributed by atoms with Crippen LogP contribution in [0.3, 0.4) is 0 Å². The van der Waals surface area contributed by atoms with Crippen molar-refractivity contribution in [3.05, 3.63) is 29.3 Å². The van der Waals surface area contributed by atoms with Gasteiger partial charge in [0.15, 0.2) is 0 Å². The lowest BCUT2D eigenvalue weighted by atomic mass is 10.1. The summed E-state index contributed by atoms with van der Waals surface area (Å²) in [6, 6.07) is 5.92. The molecule has 16 heavy (non-hydrogen) atoms. The number of rotatable bonds is 4. The Hall–Kier alpha value is -0.870. The molecule has 1 aromatic rings. The lowest BCUT2D eigenvalue weighted by Crippen LogP contribution is -2.24. The van der Waals surface area contributed by atoms with Crippen molar-refractivity contribution in [2.45, 2.75) is 18.9 Å². The Bertz CT molecular complexity index is 406. The first-order chi connectivity index (χ1) is 7.66. The van der Waals surface area contributed by atoms with Crippen LogP contribution in [0.15, 0.2) is 18.2 Å². The summed E-state index contributed by atoms with van der Waals surface area (Å²) in [5.41, 5.74) is 2.51. The molecule has 2 rings (SSSR count). The predicted molar refractivity (Wildman–Crippen MR) is 66.1 cm³/mol. The van der Waals surface area contributed by atoms with Crippen molar-refractivity contribution in [2.24, 2.45) is 0 Å². The molecule has 1 aliphatic carbocycles. The average molecular weight is 239 g/mol. The van der Waals surface area contributed by atoms with Crippen LogP contribution in [0, 0.1) is 0 Å². The number of phenolic OH excluding ortho intramolecular Hbond substituents is 1. The Labute approximate surface area is 98.3 Å². The van der Waals surface area contributed by atoms with E-state index >= 15 is 0 Å². The fourth-order valence-electron chi connectivity index (χ4n) is 2.19. The smallest absolute Gasteiger partial charge is 0.115 e. The minimum atomic E-state index is -0.730. The van der Waals surface area contributed by atoms with E-state index in [-0.39, 0.29) is 0 Å². The lowest BCUT2D eigenvalue weighted by Gasteiger charge is -2.13. The molecular formula is C12H17NO2S. The van der Waals surface area contributed by atoms with Gasteiger partial charge < -0.3 is 10.4 Å². The number of benzene rings is 1. The highest BCUT2D eigenvalue weighted by molar-refractivity contribution is 7.84. The topological polar surface area (TPSA) is 49.3 Å². The maximum absolute atomic E-state index is 10.9. The number of hydrogen-bond donors (Lipinski definition) is 2. The Morgan fingerprint density at radius 3 is 3.12 bits per heavy atom. The minimum Gasteiger partial charge on any atom is -0.508 e. The molecule has 0 fully saturated rings. The van der Waals surface area contributed by atoms with Crippen LogP contribution in [0.5, 0.6) is 5.75 Å². The van der Waals surface area contributed by atoms with Gasteiger partial charge in [0.2, 0.25) is 0 Å². The maximum Gasteiger partial charge on any atom is 0.115 e. The van der Waals surface area contributed by atoms with E-state index in [2.05, 4.69) is 5.32 Å². The number of aromatic hydroxyl groups is 1. The Morgan fingerprint density at radius 2 is 2.38 bits per heavy atom. The monoisotopic (exact) mass is 239 g/mol. The van der Waals surface area contributed by atoms with Gasteiger partial charge in [0.25, 0.3) is 0 Å². The van der Waals surface area contributed by atoms with E-state index in [0.29, 0.717) is 17.5 Å². The summed E-state index contributed by atoms with van der Waals surface area (Å²) in [6.07, 6.45) is 3.80. The summed E-state index contributed by atoms with van der Waals surface area (Å²) in [4.78, 5) is 0. The maximum atomic E-state index is 10.9. The van der Waals surface area contributed by atoms with Gasteiger partial charge in [0, 0.05) is 35.4 Å². The van der Waals surface area contributed by atoms with Crippen molar-refractivity contribution in [1.82, 2.24) is 5.32 Å². The molecule has 0 bridgehead atoms. The molecule has 4 heteroatoms. The van der Waals surface area contributed by atoms with Crippen LogP contribution in [0.4, 0.5) is 0 Å². The van der Waals surface area contributed by atoms with E-state index in [0.717, 1.165) is 19.4 Å². The van der Waals surface area contributed by atoms with E-state index < -0.39 is 10.8 Å². The Morgan fingerprint density at radius 1 is 1.56 bits per heavy atom. The van der Waals surface area contributed by atoms with Crippen LogP contribution in [-0.4, -0.2) is 27.9 Å². The molecule has 0 radical (unpaired) electrons. The average Bonchev–Trinajstić information content (AvgIpc) is 2.60. The second-order valence-corrected chi connectivity index (χ2v) is 5.76. The number of fused-ring (bicyclic) bond motifs is 1. The molecule has 0 aromatic heterocycles. The number of hydrogen-bond acceptors (Lipinski definition) is 3. The highest BCUT2D eigenvalue weighted by Gasteiger charge is 2.21. The van der Waals surface area contributed by atoms with Crippen molar-refractivity contribution >= 4 is 10.8 Å². The quantitative estimate of drug-likeness (QED) is 0.834. The van der Waals surface area contributed by atoms with Gasteiger partial charge in [-0.1, -0.05) is 6.07 Å². The largest absolute Gasteiger partial charge is 0.508 e. The summed E-state index contributed by atoms with van der Waals surface area (Å²) < 4.78 is 10.9. The fourth-order valence-corrected chi connectivity index (χ4v) is 2.60. The molecule has 3 nitrogen and oxygen atoms in total. The third-order valence-electron chi connectivity index (χ3n) is 2.98. The minimum absolute atomic E-state index is 0.342. The highest BCUT2D eigenvalue weighted by atomic mass is 32.2. The summed E-state index contributed by atoms with van der Waals surface area (Å²) in [5, 5.41) is 12.8. The molecule has 0 saturated heterocycles. The van der Waals surface area contributed by atoms with Gasteiger partial charge in [-0.25, -0.2) is 0 Å². The van der Waals surface area contributed by atoms with Crippen molar-refractivity contribution in [3.63, 3.8) is 0 Å². The summed E-state index contributed by atoms with van der Waals surface area (Å²) in [6.45, 7) is 0.786. The van der Waals surface area contributed by atoms with E-state index in [1.54, 1.807) is 12.3 Å². The molecule has 0 heterocycles. The summed E-state index contributed by atoms with van der Waals surface area (Å²) >= 11 is 0. The summed E-state index contributed by atoms with van der Waals surface area (Å²) in [5.74, 6) is 1.04. The van der Waals surface area contributed by atoms with Gasteiger partial charge in [-0.15, -0.1) is 0 Å².